The van der Waals surface area contributed by atoms with Gasteiger partial charge >= 0.3 is 5.97 Å². The molecule has 1 aromatic carbocycles. The highest BCUT2D eigenvalue weighted by molar-refractivity contribution is 6.30. The number of nitrogens with zero attached hydrogens (tertiary/aromatic N) is 5. The summed E-state index contributed by atoms with van der Waals surface area (Å²) in [5.74, 6) is -0.266. The molecule has 5 rings (SSSR count). The van der Waals surface area contributed by atoms with E-state index in [4.69, 9.17) is 21.3 Å². The van der Waals surface area contributed by atoms with Gasteiger partial charge in [-0.25, -0.2) is 19.2 Å². The van der Waals surface area contributed by atoms with E-state index < -0.39 is 11.8 Å². The van der Waals surface area contributed by atoms with Crippen molar-refractivity contribution in [1.29, 1.82) is 0 Å². The van der Waals surface area contributed by atoms with E-state index in [1.807, 2.05) is 41.6 Å². The second kappa shape index (κ2) is 11.0. The van der Waals surface area contributed by atoms with Gasteiger partial charge in [0.15, 0.2) is 0 Å². The maximum atomic E-state index is 14.3. The second-order valence-electron chi connectivity index (χ2n) is 11.8. The fourth-order valence-electron chi connectivity index (χ4n) is 5.62. The van der Waals surface area contributed by atoms with Crippen LogP contribution in [0.5, 0.6) is 0 Å². The highest BCUT2D eigenvalue weighted by Gasteiger charge is 2.31. The number of amides is 1. The van der Waals surface area contributed by atoms with Gasteiger partial charge in [-0.15, -0.1) is 0 Å². The summed E-state index contributed by atoms with van der Waals surface area (Å²) in [6.07, 6.45) is 1.96. The number of halogens is 2. The predicted octanol–water partition coefficient (Wildman–Crippen LogP) is 6.40. The number of anilines is 1. The SMILES string of the molecule is COC(=O)c1c(C)cc(N2CCN(C(=O)c3ccc4c(-c5ccc(Cl)c(F)c5)cn(C(C)(C)C)c4n3)[C@@H](C)C2)nc1C. The third-order valence-corrected chi connectivity index (χ3v) is 8.12. The zero-order valence-corrected chi connectivity index (χ0v) is 25.7. The van der Waals surface area contributed by atoms with Crippen molar-refractivity contribution in [3.8, 4) is 11.1 Å². The Bertz CT molecular complexity index is 1690. The molecule has 0 unspecified atom stereocenters. The van der Waals surface area contributed by atoms with Crippen molar-refractivity contribution in [2.24, 2.45) is 0 Å². The third-order valence-electron chi connectivity index (χ3n) is 7.81. The van der Waals surface area contributed by atoms with Crippen LogP contribution in [0.1, 0.15) is 59.8 Å². The van der Waals surface area contributed by atoms with Gasteiger partial charge in [-0.2, -0.15) is 0 Å². The number of esters is 1. The number of piperazine rings is 1. The molecule has 1 aliphatic heterocycles. The van der Waals surface area contributed by atoms with E-state index in [1.165, 1.54) is 13.2 Å². The molecule has 1 fully saturated rings. The molecule has 4 heterocycles. The molecule has 1 aliphatic rings. The monoisotopic (exact) mass is 591 g/mol. The molecule has 4 aromatic rings. The lowest BCUT2D eigenvalue weighted by Gasteiger charge is -2.40. The average Bonchev–Trinajstić information content (AvgIpc) is 3.33. The third kappa shape index (κ3) is 5.33. The van der Waals surface area contributed by atoms with E-state index >= 15 is 0 Å². The summed E-state index contributed by atoms with van der Waals surface area (Å²) in [5.41, 5.74) is 4.09. The van der Waals surface area contributed by atoms with Crippen molar-refractivity contribution in [3.05, 3.63) is 75.9 Å². The van der Waals surface area contributed by atoms with Gasteiger partial charge in [0, 0.05) is 48.4 Å². The van der Waals surface area contributed by atoms with Crippen LogP contribution in [0.25, 0.3) is 22.2 Å². The Hall–Kier alpha value is -3.98. The molecule has 42 heavy (non-hydrogen) atoms. The van der Waals surface area contributed by atoms with Gasteiger partial charge in [-0.1, -0.05) is 17.7 Å². The lowest BCUT2D eigenvalue weighted by Crippen LogP contribution is -2.54. The minimum Gasteiger partial charge on any atom is -0.465 e. The number of rotatable bonds is 4. The van der Waals surface area contributed by atoms with E-state index in [2.05, 4.69) is 30.7 Å². The van der Waals surface area contributed by atoms with Crippen LogP contribution >= 0.6 is 11.6 Å². The Labute approximate surface area is 250 Å². The first-order valence-corrected chi connectivity index (χ1v) is 14.3. The molecule has 0 radical (unpaired) electrons. The number of aromatic nitrogens is 3. The summed E-state index contributed by atoms with van der Waals surface area (Å²) in [5, 5.41) is 0.895. The van der Waals surface area contributed by atoms with E-state index in [-0.39, 0.29) is 22.5 Å². The van der Waals surface area contributed by atoms with E-state index in [0.717, 1.165) is 22.3 Å². The number of hydrogen-bond donors (Lipinski definition) is 0. The normalized spacial score (nSPS) is 15.8. The van der Waals surface area contributed by atoms with Gasteiger partial charge in [0.2, 0.25) is 0 Å². The van der Waals surface area contributed by atoms with E-state index in [0.29, 0.717) is 47.8 Å². The highest BCUT2D eigenvalue weighted by atomic mass is 35.5. The van der Waals surface area contributed by atoms with Crippen LogP contribution in [0.2, 0.25) is 5.02 Å². The van der Waals surface area contributed by atoms with Crippen molar-refractivity contribution >= 4 is 40.3 Å². The lowest BCUT2D eigenvalue weighted by atomic mass is 10.1. The van der Waals surface area contributed by atoms with Crippen LogP contribution in [-0.2, 0) is 10.3 Å². The van der Waals surface area contributed by atoms with Crippen molar-refractivity contribution in [1.82, 2.24) is 19.4 Å². The first-order valence-electron chi connectivity index (χ1n) is 13.9. The summed E-state index contributed by atoms with van der Waals surface area (Å²) in [7, 11) is 1.36. The minimum absolute atomic E-state index is 0.0674. The molecule has 1 atom stereocenters. The smallest absolute Gasteiger partial charge is 0.339 e. The molecular formula is C32H35ClFN5O3. The van der Waals surface area contributed by atoms with E-state index in [1.54, 1.807) is 25.1 Å². The standard InChI is InChI=1S/C32H35ClFN5O3/c1-18-14-27(35-20(3)28(18)31(41)42-7)37-12-13-38(19(2)16-37)30(40)26-11-9-22-23(21-8-10-24(33)25(34)15-21)17-39(29(22)36-26)32(4,5)6/h8-11,14-15,17,19H,12-13,16H2,1-7H3/t19-/m0/s1. The molecule has 1 saturated heterocycles. The van der Waals surface area contributed by atoms with Gasteiger partial charge in [-0.05, 0) is 83.0 Å². The zero-order valence-electron chi connectivity index (χ0n) is 25.0. The van der Waals surface area contributed by atoms with Crippen LogP contribution in [-0.4, -0.2) is 64.1 Å². The van der Waals surface area contributed by atoms with Gasteiger partial charge in [0.25, 0.3) is 5.91 Å². The largest absolute Gasteiger partial charge is 0.465 e. The number of fused-ring (bicyclic) bond motifs is 1. The fraction of sp³-hybridized carbons (Fsp3) is 0.375. The lowest BCUT2D eigenvalue weighted by molar-refractivity contribution is 0.0597. The quantitative estimate of drug-likeness (QED) is 0.256. The first kappa shape index (κ1) is 29.5. The molecule has 8 nitrogen and oxygen atoms in total. The van der Waals surface area contributed by atoms with Crippen molar-refractivity contribution in [2.75, 3.05) is 31.6 Å². The Balaban J connectivity index is 1.43. The number of aryl methyl sites for hydroxylation is 2. The minimum atomic E-state index is -0.487. The molecule has 0 aliphatic carbocycles. The maximum absolute atomic E-state index is 14.3. The van der Waals surface area contributed by atoms with Gasteiger partial charge in [0.05, 0.1) is 23.4 Å². The Morgan fingerprint density at radius 1 is 1.07 bits per heavy atom. The van der Waals surface area contributed by atoms with Crippen LogP contribution in [0.3, 0.4) is 0 Å². The fourth-order valence-corrected chi connectivity index (χ4v) is 5.74. The summed E-state index contributed by atoms with van der Waals surface area (Å²) in [6, 6.07) is 10.2. The molecule has 0 saturated carbocycles. The first-order chi connectivity index (χ1) is 19.8. The molecule has 220 valence electrons. The number of carbonyl (C=O) groups is 2. The summed E-state index contributed by atoms with van der Waals surface area (Å²) in [6.45, 7) is 13.5. The Kier molecular flexibility index (Phi) is 7.74. The van der Waals surface area contributed by atoms with Crippen molar-refractivity contribution in [3.63, 3.8) is 0 Å². The van der Waals surface area contributed by atoms with Crippen molar-refractivity contribution < 1.29 is 18.7 Å². The summed E-state index contributed by atoms with van der Waals surface area (Å²) in [4.78, 5) is 39.4. The van der Waals surface area contributed by atoms with E-state index in [9.17, 15) is 14.0 Å². The van der Waals surface area contributed by atoms with Crippen LogP contribution in [0, 0.1) is 19.7 Å². The van der Waals surface area contributed by atoms with Crippen LogP contribution in [0.4, 0.5) is 10.2 Å². The molecule has 10 heteroatoms. The number of pyridine rings is 2. The topological polar surface area (TPSA) is 80.6 Å². The number of ether oxygens (including phenoxy) is 1. The number of methoxy groups -OCH3 is 1. The molecule has 0 bridgehead atoms. The zero-order chi connectivity index (χ0) is 30.5. The number of benzene rings is 1. The Morgan fingerprint density at radius 2 is 1.81 bits per heavy atom. The molecular weight excluding hydrogens is 557 g/mol. The average molecular weight is 592 g/mol. The number of hydrogen-bond acceptors (Lipinski definition) is 6. The van der Waals surface area contributed by atoms with Gasteiger partial charge in [-0.3, -0.25) is 4.79 Å². The molecule has 1 amide bonds. The second-order valence-corrected chi connectivity index (χ2v) is 12.2. The molecule has 3 aromatic heterocycles. The van der Waals surface area contributed by atoms with Gasteiger partial charge in [0.1, 0.15) is 23.0 Å². The maximum Gasteiger partial charge on any atom is 0.339 e. The predicted molar refractivity (Wildman–Crippen MR) is 163 cm³/mol. The van der Waals surface area contributed by atoms with Crippen LogP contribution in [0.15, 0.2) is 42.6 Å². The summed E-state index contributed by atoms with van der Waals surface area (Å²) < 4.78 is 21.3. The summed E-state index contributed by atoms with van der Waals surface area (Å²) >= 11 is 5.93. The molecule has 0 spiro atoms. The number of carbonyl (C=O) groups excluding carboxylic acids is 2. The van der Waals surface area contributed by atoms with Crippen molar-refractivity contribution in [2.45, 2.75) is 53.1 Å². The molecule has 0 N–H and O–H groups in total. The Morgan fingerprint density at radius 3 is 2.43 bits per heavy atom. The highest BCUT2D eigenvalue weighted by Crippen LogP contribution is 2.35. The van der Waals surface area contributed by atoms with Gasteiger partial charge < -0.3 is 19.1 Å². The van der Waals surface area contributed by atoms with Crippen LogP contribution < -0.4 is 4.90 Å².